The molecule has 124 valence electrons. The number of fused-ring (bicyclic) bond motifs is 2. The lowest BCUT2D eigenvalue weighted by atomic mass is 10.1. The van der Waals surface area contributed by atoms with Gasteiger partial charge in [-0.3, -0.25) is 4.98 Å². The van der Waals surface area contributed by atoms with E-state index in [0.717, 1.165) is 34.3 Å². The van der Waals surface area contributed by atoms with Gasteiger partial charge in [0.2, 0.25) is 0 Å². The summed E-state index contributed by atoms with van der Waals surface area (Å²) in [6.45, 7) is 0. The van der Waals surface area contributed by atoms with E-state index in [1.165, 1.54) is 12.3 Å². The summed E-state index contributed by atoms with van der Waals surface area (Å²) < 4.78 is 38.7. The highest BCUT2D eigenvalue weighted by Crippen LogP contribution is 2.34. The van der Waals surface area contributed by atoms with E-state index in [9.17, 15) is 13.2 Å². The zero-order chi connectivity index (χ0) is 17.4. The molecule has 3 aromatic carbocycles. The van der Waals surface area contributed by atoms with Crippen LogP contribution in [0.5, 0.6) is 0 Å². The monoisotopic (exact) mass is 338 g/mol. The zero-order valence-corrected chi connectivity index (χ0v) is 13.0. The van der Waals surface area contributed by atoms with Crippen molar-refractivity contribution in [3.05, 3.63) is 78.5 Å². The van der Waals surface area contributed by atoms with Crippen LogP contribution >= 0.6 is 0 Å². The first-order chi connectivity index (χ1) is 12.0. The van der Waals surface area contributed by atoms with Crippen molar-refractivity contribution in [2.24, 2.45) is 0 Å². The summed E-state index contributed by atoms with van der Waals surface area (Å²) in [5.74, 6) is 0. The highest BCUT2D eigenvalue weighted by atomic mass is 19.4. The fourth-order valence-electron chi connectivity index (χ4n) is 2.91. The van der Waals surface area contributed by atoms with Crippen molar-refractivity contribution in [1.82, 2.24) is 4.98 Å². The Bertz CT molecular complexity index is 1070. The lowest BCUT2D eigenvalue weighted by molar-refractivity contribution is -0.137. The number of hydrogen-bond donors (Lipinski definition) is 1. The SMILES string of the molecule is FC(F)(F)c1ccc2c(Nc3cccc4ccccc34)ccnc2c1. The fraction of sp³-hybridized carbons (Fsp3) is 0.0500. The molecule has 0 atom stereocenters. The first kappa shape index (κ1) is 15.4. The number of alkyl halides is 3. The van der Waals surface area contributed by atoms with Gasteiger partial charge < -0.3 is 5.32 Å². The van der Waals surface area contributed by atoms with Gasteiger partial charge in [0.15, 0.2) is 0 Å². The Labute approximate surface area is 141 Å². The second-order valence-corrected chi connectivity index (χ2v) is 5.74. The minimum atomic E-state index is -4.38. The zero-order valence-electron chi connectivity index (χ0n) is 13.0. The molecule has 4 rings (SSSR count). The van der Waals surface area contributed by atoms with Crippen LogP contribution in [0.2, 0.25) is 0 Å². The Morgan fingerprint density at radius 2 is 1.52 bits per heavy atom. The predicted molar refractivity (Wildman–Crippen MR) is 94.0 cm³/mol. The van der Waals surface area contributed by atoms with Crippen LogP contribution in [0.1, 0.15) is 5.56 Å². The topological polar surface area (TPSA) is 24.9 Å². The summed E-state index contributed by atoms with van der Waals surface area (Å²) in [5.41, 5.74) is 1.22. The molecule has 0 unspecified atom stereocenters. The number of halogens is 3. The molecule has 0 fully saturated rings. The van der Waals surface area contributed by atoms with Crippen molar-refractivity contribution in [2.75, 3.05) is 5.32 Å². The maximum Gasteiger partial charge on any atom is 0.416 e. The molecule has 4 aromatic rings. The molecular weight excluding hydrogens is 325 g/mol. The van der Waals surface area contributed by atoms with Crippen molar-refractivity contribution < 1.29 is 13.2 Å². The Morgan fingerprint density at radius 1 is 0.760 bits per heavy atom. The molecule has 0 amide bonds. The van der Waals surface area contributed by atoms with Crippen molar-refractivity contribution >= 4 is 33.1 Å². The third kappa shape index (κ3) is 2.89. The molecule has 25 heavy (non-hydrogen) atoms. The highest BCUT2D eigenvalue weighted by Gasteiger charge is 2.30. The van der Waals surface area contributed by atoms with Crippen LogP contribution in [0.25, 0.3) is 21.7 Å². The van der Waals surface area contributed by atoms with Crippen LogP contribution in [-0.2, 0) is 6.18 Å². The first-order valence-corrected chi connectivity index (χ1v) is 7.73. The summed E-state index contributed by atoms with van der Waals surface area (Å²) in [5, 5.41) is 6.10. The van der Waals surface area contributed by atoms with Gasteiger partial charge in [-0.2, -0.15) is 13.2 Å². The summed E-state index contributed by atoms with van der Waals surface area (Å²) in [7, 11) is 0. The Balaban J connectivity index is 1.81. The number of aromatic nitrogens is 1. The number of rotatable bonds is 2. The van der Waals surface area contributed by atoms with Gasteiger partial charge in [-0.05, 0) is 29.7 Å². The Morgan fingerprint density at radius 3 is 2.36 bits per heavy atom. The largest absolute Gasteiger partial charge is 0.416 e. The maximum absolute atomic E-state index is 12.9. The minimum absolute atomic E-state index is 0.306. The van der Waals surface area contributed by atoms with E-state index in [4.69, 9.17) is 0 Å². The third-order valence-corrected chi connectivity index (χ3v) is 4.13. The van der Waals surface area contributed by atoms with Crippen LogP contribution in [0.3, 0.4) is 0 Å². The summed E-state index contributed by atoms with van der Waals surface area (Å²) >= 11 is 0. The molecule has 0 bridgehead atoms. The van der Waals surface area contributed by atoms with Crippen molar-refractivity contribution in [2.45, 2.75) is 6.18 Å². The van der Waals surface area contributed by atoms with E-state index in [2.05, 4.69) is 10.3 Å². The van der Waals surface area contributed by atoms with Crippen LogP contribution in [0.4, 0.5) is 24.5 Å². The number of hydrogen-bond acceptors (Lipinski definition) is 2. The van der Waals surface area contributed by atoms with E-state index in [1.54, 1.807) is 6.07 Å². The molecule has 0 spiro atoms. The Hall–Kier alpha value is -3.08. The summed E-state index contributed by atoms with van der Waals surface area (Å²) in [4.78, 5) is 4.08. The van der Waals surface area contributed by atoms with E-state index in [1.807, 2.05) is 42.5 Å². The molecule has 5 heteroatoms. The number of nitrogens with one attached hydrogen (secondary N) is 1. The molecule has 1 aromatic heterocycles. The van der Waals surface area contributed by atoms with Gasteiger partial charge in [0.1, 0.15) is 0 Å². The molecular formula is C20H13F3N2. The fourth-order valence-corrected chi connectivity index (χ4v) is 2.91. The van der Waals surface area contributed by atoms with Gasteiger partial charge >= 0.3 is 6.18 Å². The van der Waals surface area contributed by atoms with E-state index in [0.29, 0.717) is 10.9 Å². The second-order valence-electron chi connectivity index (χ2n) is 5.74. The molecule has 0 aliphatic carbocycles. The highest BCUT2D eigenvalue weighted by molar-refractivity contribution is 5.99. The van der Waals surface area contributed by atoms with Crippen molar-refractivity contribution in [1.29, 1.82) is 0 Å². The lowest BCUT2D eigenvalue weighted by Gasteiger charge is -2.13. The molecule has 0 aliphatic heterocycles. The Kier molecular flexibility index (Phi) is 3.57. The van der Waals surface area contributed by atoms with E-state index < -0.39 is 11.7 Å². The average molecular weight is 338 g/mol. The number of nitrogens with zero attached hydrogens (tertiary/aromatic N) is 1. The number of benzene rings is 3. The van der Waals surface area contributed by atoms with Crippen LogP contribution in [-0.4, -0.2) is 4.98 Å². The molecule has 0 saturated heterocycles. The molecule has 1 N–H and O–H groups in total. The molecule has 2 nitrogen and oxygen atoms in total. The third-order valence-electron chi connectivity index (χ3n) is 4.13. The van der Waals surface area contributed by atoms with Gasteiger partial charge in [0.25, 0.3) is 0 Å². The van der Waals surface area contributed by atoms with Crippen LogP contribution < -0.4 is 5.32 Å². The van der Waals surface area contributed by atoms with Gasteiger partial charge in [-0.1, -0.05) is 42.5 Å². The van der Waals surface area contributed by atoms with Gasteiger partial charge in [-0.15, -0.1) is 0 Å². The first-order valence-electron chi connectivity index (χ1n) is 7.73. The van der Waals surface area contributed by atoms with E-state index in [-0.39, 0.29) is 0 Å². The van der Waals surface area contributed by atoms with Crippen LogP contribution in [0, 0.1) is 0 Å². The minimum Gasteiger partial charge on any atom is -0.354 e. The average Bonchev–Trinajstić information content (AvgIpc) is 2.61. The number of anilines is 2. The second kappa shape index (κ2) is 5.77. The molecule has 0 aliphatic rings. The number of pyridine rings is 1. The van der Waals surface area contributed by atoms with E-state index >= 15 is 0 Å². The van der Waals surface area contributed by atoms with Crippen molar-refractivity contribution in [3.8, 4) is 0 Å². The summed E-state index contributed by atoms with van der Waals surface area (Å²) in [6, 6.07) is 19.2. The maximum atomic E-state index is 12.9. The standard InChI is InChI=1S/C20H13F3N2/c21-20(22,23)14-8-9-16-18(10-11-24-19(16)12-14)25-17-7-3-5-13-4-1-2-6-15(13)17/h1-12H,(H,24,25). The van der Waals surface area contributed by atoms with Gasteiger partial charge in [0.05, 0.1) is 11.1 Å². The molecule has 1 heterocycles. The quantitative estimate of drug-likeness (QED) is 0.474. The summed E-state index contributed by atoms with van der Waals surface area (Å²) in [6.07, 6.45) is -2.87. The van der Waals surface area contributed by atoms with Gasteiger partial charge in [-0.25, -0.2) is 0 Å². The predicted octanol–water partition coefficient (Wildman–Crippen LogP) is 6.15. The van der Waals surface area contributed by atoms with Crippen LogP contribution in [0.15, 0.2) is 72.9 Å². The van der Waals surface area contributed by atoms with Gasteiger partial charge in [0, 0.05) is 28.3 Å². The smallest absolute Gasteiger partial charge is 0.354 e. The molecule has 0 radical (unpaired) electrons. The molecule has 0 saturated carbocycles. The lowest BCUT2D eigenvalue weighted by Crippen LogP contribution is -2.04. The van der Waals surface area contributed by atoms with Crippen molar-refractivity contribution in [3.63, 3.8) is 0 Å². The normalized spacial score (nSPS) is 11.8.